The van der Waals surface area contributed by atoms with Crippen molar-refractivity contribution in [2.45, 2.75) is 17.9 Å². The second-order valence-corrected chi connectivity index (χ2v) is 3.95. The molecule has 1 unspecified atom stereocenters. The van der Waals surface area contributed by atoms with Crippen LogP contribution < -0.4 is 0 Å². The van der Waals surface area contributed by atoms with Gasteiger partial charge >= 0.3 is 5.97 Å². The molecule has 1 heterocycles. The van der Waals surface area contributed by atoms with Crippen molar-refractivity contribution in [3.8, 4) is 0 Å². The number of hydrogen-bond acceptors (Lipinski definition) is 5. The average Bonchev–Trinajstić information content (AvgIpc) is 2.42. The molecular formula is C13H18O5. The number of methoxy groups -OCH3 is 4. The van der Waals surface area contributed by atoms with Crippen LogP contribution in [0.15, 0.2) is 30.3 Å². The van der Waals surface area contributed by atoms with E-state index in [2.05, 4.69) is 0 Å². The SMILES string of the molecule is COC1(OC)OC(c2ccccc2)C1(OC)OC. The van der Waals surface area contributed by atoms with Crippen LogP contribution in [0.5, 0.6) is 0 Å². The highest BCUT2D eigenvalue weighted by molar-refractivity contribution is 5.24. The minimum absolute atomic E-state index is 0.409. The minimum atomic E-state index is -1.35. The number of hydrogen-bond donors (Lipinski definition) is 0. The van der Waals surface area contributed by atoms with Crippen LogP contribution in [0.25, 0.3) is 0 Å². The van der Waals surface area contributed by atoms with Crippen molar-refractivity contribution in [3.63, 3.8) is 0 Å². The highest BCUT2D eigenvalue weighted by Gasteiger charge is 2.73. The molecule has 100 valence electrons. The van der Waals surface area contributed by atoms with E-state index in [0.29, 0.717) is 0 Å². The van der Waals surface area contributed by atoms with Gasteiger partial charge in [-0.1, -0.05) is 30.3 Å². The molecule has 0 radical (unpaired) electrons. The first-order valence-electron chi connectivity index (χ1n) is 5.63. The zero-order valence-corrected chi connectivity index (χ0v) is 11.0. The maximum Gasteiger partial charge on any atom is 0.344 e. The Morgan fingerprint density at radius 3 is 1.89 bits per heavy atom. The molecule has 1 saturated heterocycles. The van der Waals surface area contributed by atoms with Crippen LogP contribution in [0.3, 0.4) is 0 Å². The fourth-order valence-electron chi connectivity index (χ4n) is 2.34. The Morgan fingerprint density at radius 2 is 1.44 bits per heavy atom. The first-order valence-corrected chi connectivity index (χ1v) is 5.63. The maximum atomic E-state index is 5.71. The Hall–Kier alpha value is -0.980. The second kappa shape index (κ2) is 4.95. The predicted octanol–water partition coefficient (Wildman–Crippen LogP) is 1.69. The Kier molecular flexibility index (Phi) is 3.70. The molecule has 1 atom stereocenters. The summed E-state index contributed by atoms with van der Waals surface area (Å²) >= 11 is 0. The second-order valence-electron chi connectivity index (χ2n) is 3.95. The summed E-state index contributed by atoms with van der Waals surface area (Å²) in [5, 5.41) is 0. The summed E-state index contributed by atoms with van der Waals surface area (Å²) in [6.07, 6.45) is -0.409. The van der Waals surface area contributed by atoms with E-state index in [1.54, 1.807) is 0 Å². The van der Waals surface area contributed by atoms with Gasteiger partial charge in [0.05, 0.1) is 0 Å². The number of ether oxygens (including phenoxy) is 5. The zero-order chi connectivity index (χ0) is 13.2. The third kappa shape index (κ3) is 1.60. The van der Waals surface area contributed by atoms with E-state index in [-0.39, 0.29) is 0 Å². The molecule has 1 aromatic carbocycles. The van der Waals surface area contributed by atoms with Gasteiger partial charge in [0.1, 0.15) is 0 Å². The normalized spacial score (nSPS) is 24.6. The van der Waals surface area contributed by atoms with Crippen LogP contribution in [0.1, 0.15) is 11.7 Å². The third-order valence-electron chi connectivity index (χ3n) is 3.29. The van der Waals surface area contributed by atoms with Gasteiger partial charge in [-0.2, -0.15) is 0 Å². The minimum Gasteiger partial charge on any atom is -0.344 e. The topological polar surface area (TPSA) is 46.2 Å². The Labute approximate surface area is 107 Å². The average molecular weight is 254 g/mol. The lowest BCUT2D eigenvalue weighted by Crippen LogP contribution is -2.73. The molecule has 0 saturated carbocycles. The molecular weight excluding hydrogens is 236 g/mol. The quantitative estimate of drug-likeness (QED) is 0.748. The largest absolute Gasteiger partial charge is 0.344 e. The van der Waals surface area contributed by atoms with Crippen molar-refractivity contribution < 1.29 is 23.7 Å². The lowest BCUT2D eigenvalue weighted by molar-refractivity contribution is -0.586. The molecule has 0 spiro atoms. The van der Waals surface area contributed by atoms with Crippen molar-refractivity contribution in [1.29, 1.82) is 0 Å². The van der Waals surface area contributed by atoms with Gasteiger partial charge in [0.2, 0.25) is 0 Å². The standard InChI is InChI=1S/C13H18O5/c1-14-12(15-2)11(10-8-6-5-7-9-10)18-13(12,16-3)17-4/h5-9,11H,1-4H3. The van der Waals surface area contributed by atoms with Gasteiger partial charge in [0.25, 0.3) is 5.79 Å². The zero-order valence-electron chi connectivity index (χ0n) is 11.0. The molecule has 1 aliphatic rings. The molecule has 0 aliphatic carbocycles. The molecule has 0 N–H and O–H groups in total. The molecule has 2 rings (SSSR count). The van der Waals surface area contributed by atoms with E-state index in [1.807, 2.05) is 30.3 Å². The van der Waals surface area contributed by atoms with Crippen LogP contribution in [-0.2, 0) is 23.7 Å². The molecule has 1 aromatic rings. The van der Waals surface area contributed by atoms with Gasteiger partial charge < -0.3 is 23.7 Å². The Bertz CT molecular complexity index is 384. The van der Waals surface area contributed by atoms with Gasteiger partial charge in [-0.15, -0.1) is 0 Å². The summed E-state index contributed by atoms with van der Waals surface area (Å²) in [5.74, 6) is -2.48. The van der Waals surface area contributed by atoms with Gasteiger partial charge in [-0.3, -0.25) is 0 Å². The van der Waals surface area contributed by atoms with Crippen molar-refractivity contribution >= 4 is 0 Å². The first-order chi connectivity index (χ1) is 8.69. The van der Waals surface area contributed by atoms with Crippen LogP contribution in [0.4, 0.5) is 0 Å². The monoisotopic (exact) mass is 254 g/mol. The van der Waals surface area contributed by atoms with Crippen molar-refractivity contribution in [3.05, 3.63) is 35.9 Å². The summed E-state index contributed by atoms with van der Waals surface area (Å²) in [6.45, 7) is 0. The van der Waals surface area contributed by atoms with E-state index >= 15 is 0 Å². The highest BCUT2D eigenvalue weighted by Crippen LogP contribution is 2.55. The Balaban J connectivity index is 2.36. The number of benzene rings is 1. The summed E-state index contributed by atoms with van der Waals surface area (Å²) in [7, 11) is 6.04. The van der Waals surface area contributed by atoms with Crippen LogP contribution in [0.2, 0.25) is 0 Å². The maximum absolute atomic E-state index is 5.71. The van der Waals surface area contributed by atoms with Crippen molar-refractivity contribution in [2.75, 3.05) is 28.4 Å². The van der Waals surface area contributed by atoms with Gasteiger partial charge in [-0.05, 0) is 5.56 Å². The lowest BCUT2D eigenvalue weighted by Gasteiger charge is -2.57. The Morgan fingerprint density at radius 1 is 0.889 bits per heavy atom. The molecule has 1 fully saturated rings. The first kappa shape index (κ1) is 13.5. The van der Waals surface area contributed by atoms with Crippen LogP contribution >= 0.6 is 0 Å². The summed E-state index contributed by atoms with van der Waals surface area (Å²) in [4.78, 5) is 0. The van der Waals surface area contributed by atoms with Crippen molar-refractivity contribution in [2.24, 2.45) is 0 Å². The molecule has 0 bridgehead atoms. The van der Waals surface area contributed by atoms with Gasteiger partial charge in [0, 0.05) is 28.4 Å². The molecule has 5 nitrogen and oxygen atoms in total. The van der Waals surface area contributed by atoms with E-state index in [0.717, 1.165) is 5.56 Å². The summed E-state index contributed by atoms with van der Waals surface area (Å²) < 4.78 is 27.3. The van der Waals surface area contributed by atoms with Crippen LogP contribution in [0, 0.1) is 0 Å². The fourth-order valence-corrected chi connectivity index (χ4v) is 2.34. The number of rotatable bonds is 5. The highest BCUT2D eigenvalue weighted by atomic mass is 16.9. The molecule has 0 aromatic heterocycles. The predicted molar refractivity (Wildman–Crippen MR) is 63.8 cm³/mol. The van der Waals surface area contributed by atoms with Crippen molar-refractivity contribution in [1.82, 2.24) is 0 Å². The fraction of sp³-hybridized carbons (Fsp3) is 0.538. The van der Waals surface area contributed by atoms with Gasteiger partial charge in [-0.25, -0.2) is 0 Å². The third-order valence-corrected chi connectivity index (χ3v) is 3.29. The molecule has 5 heteroatoms. The summed E-state index contributed by atoms with van der Waals surface area (Å²) in [6, 6.07) is 9.66. The van der Waals surface area contributed by atoms with E-state index in [1.165, 1.54) is 28.4 Å². The van der Waals surface area contributed by atoms with E-state index in [4.69, 9.17) is 23.7 Å². The lowest BCUT2D eigenvalue weighted by atomic mass is 9.92. The van der Waals surface area contributed by atoms with E-state index in [9.17, 15) is 0 Å². The van der Waals surface area contributed by atoms with Gasteiger partial charge in [0.15, 0.2) is 6.10 Å². The molecule has 0 amide bonds. The van der Waals surface area contributed by atoms with Crippen LogP contribution in [-0.4, -0.2) is 40.2 Å². The smallest absolute Gasteiger partial charge is 0.344 e. The molecule has 1 aliphatic heterocycles. The molecule has 18 heavy (non-hydrogen) atoms. The summed E-state index contributed by atoms with van der Waals surface area (Å²) in [5.41, 5.74) is 0.936. The van der Waals surface area contributed by atoms with E-state index < -0.39 is 17.9 Å².